The maximum absolute atomic E-state index is 10.0. The standard InChI is InChI=1S/C4N2O/c7-4-1-2-5-3-6-4. The Hall–Kier alpha value is -1.39. The molecule has 0 saturated carbocycles. The molecule has 0 spiro atoms. The third kappa shape index (κ3) is 0.719. The molecule has 0 aromatic carbocycles. The summed E-state index contributed by atoms with van der Waals surface area (Å²) in [4.78, 5) is 16.3. The van der Waals surface area contributed by atoms with E-state index in [2.05, 4.69) is 28.0 Å². The van der Waals surface area contributed by atoms with Crippen molar-refractivity contribution in [1.29, 1.82) is 0 Å². The molecule has 3 heteroatoms. The molecule has 32 valence electrons. The molecular weight excluding hydrogens is 92.1 g/mol. The lowest BCUT2D eigenvalue weighted by atomic mass is 10.6. The number of rotatable bonds is 0. The molecule has 0 atom stereocenters. The molecule has 0 aliphatic carbocycles. The molecule has 1 aliphatic heterocycles. The molecule has 0 unspecified atom stereocenters. The molecule has 0 N–H and O–H groups in total. The van der Waals surface area contributed by atoms with E-state index in [-0.39, 0.29) is 0 Å². The topological polar surface area (TPSA) is 41.8 Å². The Balaban J connectivity index is 3.07. The third-order valence-electron chi connectivity index (χ3n) is 0.420. The molecule has 1 aliphatic rings. The van der Waals surface area contributed by atoms with Crippen molar-refractivity contribution < 1.29 is 4.79 Å². The first-order chi connectivity index (χ1) is 3.39. The zero-order valence-corrected chi connectivity index (χ0v) is 3.30. The first-order valence-electron chi connectivity index (χ1n) is 1.60. The largest absolute Gasteiger partial charge is 0.332 e. The van der Waals surface area contributed by atoms with Gasteiger partial charge in [-0.2, -0.15) is 0 Å². The average molecular weight is 92.1 g/mol. The minimum atomic E-state index is -0.477. The zero-order valence-electron chi connectivity index (χ0n) is 3.30. The van der Waals surface area contributed by atoms with Crippen LogP contribution in [-0.4, -0.2) is 11.9 Å². The van der Waals surface area contributed by atoms with E-state index in [4.69, 9.17) is 0 Å². The van der Waals surface area contributed by atoms with E-state index >= 15 is 0 Å². The van der Waals surface area contributed by atoms with Gasteiger partial charge in [-0.3, -0.25) is 4.79 Å². The Morgan fingerprint density at radius 3 is 2.71 bits per heavy atom. The van der Waals surface area contributed by atoms with Gasteiger partial charge < -0.3 is 0 Å². The minimum Gasteiger partial charge on any atom is -0.256 e. The number of carbonyl (C=O) groups is 1. The highest BCUT2D eigenvalue weighted by atomic mass is 16.1. The van der Waals surface area contributed by atoms with E-state index < -0.39 is 5.91 Å². The highest BCUT2D eigenvalue weighted by Gasteiger charge is 1.87. The van der Waals surface area contributed by atoms with E-state index in [0.29, 0.717) is 0 Å². The lowest BCUT2D eigenvalue weighted by Gasteiger charge is -1.71. The molecule has 0 saturated heterocycles. The average Bonchev–Trinajstić information content (AvgIpc) is 1.69. The van der Waals surface area contributed by atoms with E-state index in [9.17, 15) is 4.79 Å². The van der Waals surface area contributed by atoms with Crippen LogP contribution in [-0.2, 0) is 4.79 Å². The Bertz CT molecular complexity index is 212. The SMILES string of the molecule is O=C1C#CN=C=N1. The second kappa shape index (κ2) is 1.38. The number of carbonyl (C=O) groups excluding carboxylic acids is 1. The lowest BCUT2D eigenvalue weighted by Crippen LogP contribution is -1.86. The normalized spacial score (nSPS) is 13.4. The molecule has 1 amide bonds. The Morgan fingerprint density at radius 1 is 1.57 bits per heavy atom. The van der Waals surface area contributed by atoms with Crippen LogP contribution in [0.4, 0.5) is 0 Å². The van der Waals surface area contributed by atoms with E-state index in [1.807, 2.05) is 0 Å². The molecule has 0 aromatic heterocycles. The van der Waals surface area contributed by atoms with Gasteiger partial charge in [0.15, 0.2) is 0 Å². The fourth-order valence-electron chi connectivity index (χ4n) is 0.199. The third-order valence-corrected chi connectivity index (χ3v) is 0.420. The predicted octanol–water partition coefficient (Wildman–Crippen LogP) is -0.339. The van der Waals surface area contributed by atoms with Gasteiger partial charge in [0.25, 0.3) is 0 Å². The second-order valence-electron chi connectivity index (χ2n) is 0.866. The molecule has 3 nitrogen and oxygen atoms in total. The molecular formula is C4N2O. The summed E-state index contributed by atoms with van der Waals surface area (Å²) in [6, 6.07) is 4.22. The van der Waals surface area contributed by atoms with Crippen LogP contribution < -0.4 is 0 Å². The van der Waals surface area contributed by atoms with Gasteiger partial charge in [-0.15, -0.1) is 9.98 Å². The first-order valence-corrected chi connectivity index (χ1v) is 1.60. The maximum Gasteiger partial charge on any atom is 0.332 e. The first kappa shape index (κ1) is 3.79. The molecule has 1 rings (SSSR count). The Labute approximate surface area is 39.8 Å². The Kier molecular flexibility index (Phi) is 0.744. The number of nitrogens with zero attached hydrogens (tertiary/aromatic N) is 2. The van der Waals surface area contributed by atoms with Gasteiger partial charge in [0.1, 0.15) is 6.01 Å². The van der Waals surface area contributed by atoms with E-state index in [0.717, 1.165) is 0 Å². The summed E-state index contributed by atoms with van der Waals surface area (Å²) in [5, 5.41) is 0. The van der Waals surface area contributed by atoms with Crippen molar-refractivity contribution in [2.75, 3.05) is 0 Å². The van der Waals surface area contributed by atoms with Gasteiger partial charge in [-0.05, 0) is 0 Å². The van der Waals surface area contributed by atoms with Gasteiger partial charge in [0.2, 0.25) is 0 Å². The fraction of sp³-hybridized carbons (Fsp3) is 0. The van der Waals surface area contributed by atoms with Crippen molar-refractivity contribution in [3.8, 4) is 12.0 Å². The van der Waals surface area contributed by atoms with Crippen LogP contribution in [0.25, 0.3) is 0 Å². The van der Waals surface area contributed by atoms with Gasteiger partial charge in [0, 0.05) is 5.92 Å². The Morgan fingerprint density at radius 2 is 2.43 bits per heavy atom. The minimum absolute atomic E-state index is 0.477. The molecule has 0 aromatic rings. The number of hydrogen-bond acceptors (Lipinski definition) is 2. The summed E-state index contributed by atoms with van der Waals surface area (Å²) in [5.74, 6) is 1.62. The molecule has 0 radical (unpaired) electrons. The fourth-order valence-corrected chi connectivity index (χ4v) is 0.199. The lowest BCUT2D eigenvalue weighted by molar-refractivity contribution is -0.112. The summed E-state index contributed by atoms with van der Waals surface area (Å²) in [6.45, 7) is 0. The summed E-state index contributed by atoms with van der Waals surface area (Å²) >= 11 is 0. The van der Waals surface area contributed by atoms with Crippen molar-refractivity contribution in [2.45, 2.75) is 0 Å². The van der Waals surface area contributed by atoms with Crippen LogP contribution in [0.15, 0.2) is 9.98 Å². The van der Waals surface area contributed by atoms with Crippen molar-refractivity contribution in [3.63, 3.8) is 0 Å². The van der Waals surface area contributed by atoms with Crippen LogP contribution in [0.2, 0.25) is 0 Å². The quantitative estimate of drug-likeness (QED) is 0.377. The highest BCUT2D eigenvalue weighted by Crippen LogP contribution is 1.72. The highest BCUT2D eigenvalue weighted by molar-refractivity contribution is 5.98. The number of amides is 1. The van der Waals surface area contributed by atoms with Crippen molar-refractivity contribution in [1.82, 2.24) is 0 Å². The molecule has 1 heterocycles. The van der Waals surface area contributed by atoms with E-state index in [1.165, 1.54) is 0 Å². The van der Waals surface area contributed by atoms with Crippen molar-refractivity contribution >= 4 is 11.9 Å². The number of aliphatic imine (C=N–C) groups is 2. The van der Waals surface area contributed by atoms with Crippen molar-refractivity contribution in [2.24, 2.45) is 9.98 Å². The summed E-state index contributed by atoms with van der Waals surface area (Å²) < 4.78 is 0. The van der Waals surface area contributed by atoms with Gasteiger partial charge in [0.05, 0.1) is 6.04 Å². The van der Waals surface area contributed by atoms with Crippen LogP contribution in [0.3, 0.4) is 0 Å². The maximum atomic E-state index is 10.0. The van der Waals surface area contributed by atoms with Gasteiger partial charge in [-0.25, -0.2) is 0 Å². The van der Waals surface area contributed by atoms with Crippen LogP contribution >= 0.6 is 0 Å². The number of hydrogen-bond donors (Lipinski definition) is 0. The van der Waals surface area contributed by atoms with Crippen LogP contribution in [0, 0.1) is 12.0 Å². The molecule has 0 bridgehead atoms. The van der Waals surface area contributed by atoms with Crippen LogP contribution in [0.1, 0.15) is 0 Å². The summed E-state index contributed by atoms with van der Waals surface area (Å²) in [5.41, 5.74) is 0. The molecule has 7 heavy (non-hydrogen) atoms. The summed E-state index contributed by atoms with van der Waals surface area (Å²) in [6.07, 6.45) is 0. The smallest absolute Gasteiger partial charge is 0.256 e. The monoisotopic (exact) mass is 92.0 g/mol. The van der Waals surface area contributed by atoms with Crippen molar-refractivity contribution in [3.05, 3.63) is 0 Å². The predicted molar refractivity (Wildman–Crippen MR) is 22.6 cm³/mol. The van der Waals surface area contributed by atoms with Gasteiger partial charge >= 0.3 is 5.91 Å². The van der Waals surface area contributed by atoms with E-state index in [1.54, 1.807) is 0 Å². The van der Waals surface area contributed by atoms with Gasteiger partial charge in [-0.1, -0.05) is 0 Å². The molecule has 0 fully saturated rings. The summed E-state index contributed by atoms with van der Waals surface area (Å²) in [7, 11) is 0. The second-order valence-corrected chi connectivity index (χ2v) is 0.866. The van der Waals surface area contributed by atoms with Crippen LogP contribution in [0.5, 0.6) is 0 Å². The zero-order chi connectivity index (χ0) is 5.11.